The number of benzene rings is 3. The highest BCUT2D eigenvalue weighted by Crippen LogP contribution is 2.49. The summed E-state index contributed by atoms with van der Waals surface area (Å²) in [6.07, 6.45) is 2.17. The van der Waals surface area contributed by atoms with E-state index in [4.69, 9.17) is 1.37 Å². The van der Waals surface area contributed by atoms with E-state index in [1.807, 2.05) is 6.07 Å². The van der Waals surface area contributed by atoms with E-state index in [2.05, 4.69) is 99.8 Å². The van der Waals surface area contributed by atoms with Crippen molar-refractivity contribution in [3.63, 3.8) is 0 Å². The second kappa shape index (κ2) is 7.96. The van der Waals surface area contributed by atoms with Gasteiger partial charge >= 0.3 is 0 Å². The fraction of sp³-hybridized carbons (Fsp3) is 0.355. The first kappa shape index (κ1) is 19.9. The van der Waals surface area contributed by atoms with Crippen LogP contribution in [-0.2, 0) is 12.0 Å². The fourth-order valence-corrected chi connectivity index (χ4v) is 5.93. The summed E-state index contributed by atoms with van der Waals surface area (Å²) in [5.74, 6) is 0.806. The maximum atomic E-state index is 8.91. The molecule has 1 heteroatoms. The third-order valence-electron chi connectivity index (χ3n) is 7.74. The van der Waals surface area contributed by atoms with Crippen LogP contribution in [0.3, 0.4) is 0 Å². The molecule has 1 nitrogen and oxygen atoms in total. The van der Waals surface area contributed by atoms with Crippen LogP contribution >= 0.6 is 0 Å². The zero-order valence-corrected chi connectivity index (χ0v) is 20.1. The number of aromatic nitrogens is 1. The van der Waals surface area contributed by atoms with Crippen molar-refractivity contribution < 1.29 is 1.37 Å². The first-order valence-corrected chi connectivity index (χ1v) is 12.2. The second-order valence-corrected chi connectivity index (χ2v) is 9.99. The van der Waals surface area contributed by atoms with Gasteiger partial charge in [-0.25, -0.2) is 0 Å². The van der Waals surface area contributed by atoms with E-state index in [1.54, 1.807) is 0 Å². The van der Waals surface area contributed by atoms with Crippen LogP contribution < -0.4 is 0 Å². The number of para-hydroxylation sites is 1. The molecule has 0 N–H and O–H groups in total. The van der Waals surface area contributed by atoms with Gasteiger partial charge in [0.2, 0.25) is 0 Å². The van der Waals surface area contributed by atoms with Crippen LogP contribution in [0.4, 0.5) is 0 Å². The summed E-state index contributed by atoms with van der Waals surface area (Å²) in [5, 5.41) is 1.08. The molecule has 5 rings (SSSR count). The third-order valence-corrected chi connectivity index (χ3v) is 7.74. The van der Waals surface area contributed by atoms with E-state index >= 15 is 0 Å². The zero-order valence-electron chi connectivity index (χ0n) is 21.1. The molecule has 3 aromatic carbocycles. The molecule has 1 aliphatic rings. The van der Waals surface area contributed by atoms with Crippen LogP contribution in [0.1, 0.15) is 83.1 Å². The van der Waals surface area contributed by atoms with E-state index in [0.29, 0.717) is 17.9 Å². The molecular weight excluding hydrogens is 386 g/mol. The lowest BCUT2D eigenvalue weighted by atomic mass is 9.79. The summed E-state index contributed by atoms with van der Waals surface area (Å²) in [6, 6.07) is 25.1. The summed E-state index contributed by atoms with van der Waals surface area (Å²) in [4.78, 5) is 0. The summed E-state index contributed by atoms with van der Waals surface area (Å²) < 4.78 is 11.3. The lowest BCUT2D eigenvalue weighted by molar-refractivity contribution is 0.520. The Morgan fingerprint density at radius 2 is 1.62 bits per heavy atom. The zero-order chi connectivity index (χ0) is 23.3. The molecule has 2 unspecified atom stereocenters. The average Bonchev–Trinajstić information content (AvgIpc) is 3.25. The lowest BCUT2D eigenvalue weighted by Crippen LogP contribution is -2.15. The summed E-state index contributed by atoms with van der Waals surface area (Å²) in [7, 11) is 0. The van der Waals surface area contributed by atoms with Gasteiger partial charge in [-0.05, 0) is 76.9 Å². The Balaban J connectivity index is 1.50. The second-order valence-electron chi connectivity index (χ2n) is 9.99. The molecule has 164 valence electrons. The van der Waals surface area contributed by atoms with Crippen LogP contribution in [0, 0.1) is 0 Å². The molecule has 0 fully saturated rings. The topological polar surface area (TPSA) is 4.93 Å². The third kappa shape index (κ3) is 3.22. The normalized spacial score (nSPS) is 16.5. The van der Waals surface area contributed by atoms with Crippen molar-refractivity contribution in [2.75, 3.05) is 0 Å². The Kier molecular flexibility index (Phi) is 4.94. The van der Waals surface area contributed by atoms with Gasteiger partial charge in [0.05, 0.1) is 1.37 Å². The van der Waals surface area contributed by atoms with Gasteiger partial charge in [-0.1, -0.05) is 88.4 Å². The molecule has 1 aliphatic carbocycles. The fourth-order valence-electron chi connectivity index (χ4n) is 5.93. The molecule has 1 heterocycles. The molecule has 0 saturated carbocycles. The van der Waals surface area contributed by atoms with Gasteiger partial charge in [0.15, 0.2) is 0 Å². The van der Waals surface area contributed by atoms with Crippen molar-refractivity contribution in [3.05, 3.63) is 95.2 Å². The van der Waals surface area contributed by atoms with E-state index in [9.17, 15) is 0 Å². The van der Waals surface area contributed by atoms with Crippen molar-refractivity contribution in [1.82, 2.24) is 4.57 Å². The quantitative estimate of drug-likeness (QED) is 0.293. The molecule has 0 saturated heterocycles. The number of rotatable bonds is 6. The Bertz CT molecular complexity index is 1330. The Morgan fingerprint density at radius 1 is 0.906 bits per heavy atom. The molecule has 2 atom stereocenters. The summed E-state index contributed by atoms with van der Waals surface area (Å²) in [6.45, 7) is 12.4. The molecule has 0 bridgehead atoms. The lowest BCUT2D eigenvalue weighted by Gasteiger charge is -2.25. The first-order chi connectivity index (χ1) is 15.9. The highest BCUT2D eigenvalue weighted by atomic mass is 15.0. The van der Waals surface area contributed by atoms with Gasteiger partial charge in [-0.2, -0.15) is 0 Å². The number of hydrogen-bond acceptors (Lipinski definition) is 0. The largest absolute Gasteiger partial charge is 0.345 e. The van der Waals surface area contributed by atoms with Crippen molar-refractivity contribution >= 4 is 10.9 Å². The molecule has 0 radical (unpaired) electrons. The Morgan fingerprint density at radius 3 is 2.41 bits per heavy atom. The van der Waals surface area contributed by atoms with E-state index < -0.39 is 0 Å². The smallest absolute Gasteiger partial charge is 0.0648 e. The van der Waals surface area contributed by atoms with Crippen molar-refractivity contribution in [3.8, 4) is 11.1 Å². The summed E-state index contributed by atoms with van der Waals surface area (Å²) >= 11 is 0. The maximum Gasteiger partial charge on any atom is 0.0648 e. The van der Waals surface area contributed by atoms with E-state index in [0.717, 1.165) is 24.8 Å². The van der Waals surface area contributed by atoms with Crippen LogP contribution in [0.2, 0.25) is 0 Å². The minimum Gasteiger partial charge on any atom is -0.345 e. The summed E-state index contributed by atoms with van der Waals surface area (Å²) in [5.41, 5.74) is 9.52. The van der Waals surface area contributed by atoms with E-state index in [1.165, 1.54) is 39.0 Å². The monoisotopic (exact) mass is 422 g/mol. The highest BCUT2D eigenvalue weighted by molar-refractivity contribution is 5.82. The number of nitrogens with zero attached hydrogens (tertiary/aromatic N) is 1. The first-order valence-electron chi connectivity index (χ1n) is 12.7. The van der Waals surface area contributed by atoms with Crippen LogP contribution in [-0.4, -0.2) is 4.57 Å². The SMILES string of the molecule is [2H]c1c(C(C)CC(CC)c2ccc3c(c2)C(C)(C)c2ccccc2-3)n(CC)c2ccccc12. The van der Waals surface area contributed by atoms with Gasteiger partial charge in [0.1, 0.15) is 0 Å². The molecule has 32 heavy (non-hydrogen) atoms. The molecule has 0 aliphatic heterocycles. The number of hydrogen-bond donors (Lipinski definition) is 0. The highest BCUT2D eigenvalue weighted by Gasteiger charge is 2.35. The molecule has 4 aromatic rings. The predicted octanol–water partition coefficient (Wildman–Crippen LogP) is 8.65. The molecule has 0 spiro atoms. The minimum absolute atomic E-state index is 0.0365. The molecule has 1 aromatic heterocycles. The molecular formula is C31H35N. The average molecular weight is 423 g/mol. The standard InChI is InChI=1S/C31H35N/c1-6-22(18-21(3)30-20-24-12-8-11-15-29(24)32(30)7-2)23-16-17-26-25-13-9-10-14-27(25)31(4,5)28(26)19-23/h8-17,19-22H,6-7,18H2,1-5H3/i20D. The van der Waals surface area contributed by atoms with Crippen molar-refractivity contribution in [1.29, 1.82) is 0 Å². The number of fused-ring (bicyclic) bond motifs is 4. The van der Waals surface area contributed by atoms with Gasteiger partial charge in [-0.3, -0.25) is 0 Å². The predicted molar refractivity (Wildman–Crippen MR) is 138 cm³/mol. The van der Waals surface area contributed by atoms with Crippen LogP contribution in [0.25, 0.3) is 22.0 Å². The van der Waals surface area contributed by atoms with Crippen molar-refractivity contribution in [2.45, 2.75) is 71.3 Å². The van der Waals surface area contributed by atoms with Crippen LogP contribution in [0.15, 0.2) is 72.8 Å². The van der Waals surface area contributed by atoms with Gasteiger partial charge in [0.25, 0.3) is 0 Å². The minimum atomic E-state index is 0.0365. The van der Waals surface area contributed by atoms with E-state index in [-0.39, 0.29) is 5.41 Å². The van der Waals surface area contributed by atoms with Crippen LogP contribution in [0.5, 0.6) is 0 Å². The Hall–Kier alpha value is -2.80. The maximum absolute atomic E-state index is 8.91. The van der Waals surface area contributed by atoms with Gasteiger partial charge < -0.3 is 4.57 Å². The molecule has 0 amide bonds. The van der Waals surface area contributed by atoms with Gasteiger partial charge in [0, 0.05) is 23.2 Å². The number of aryl methyl sites for hydroxylation is 1. The Labute approximate surface area is 194 Å². The van der Waals surface area contributed by atoms with Gasteiger partial charge in [-0.15, -0.1) is 0 Å². The van der Waals surface area contributed by atoms with Crippen molar-refractivity contribution in [2.24, 2.45) is 0 Å².